The second-order valence-electron chi connectivity index (χ2n) is 6.02. The molecule has 0 aromatic carbocycles. The summed E-state index contributed by atoms with van der Waals surface area (Å²) in [6.07, 6.45) is 5.32. The van der Waals surface area contributed by atoms with Crippen LogP contribution in [0.15, 0.2) is 24.7 Å². The number of pyridine rings is 1. The lowest BCUT2D eigenvalue weighted by Crippen LogP contribution is -2.48. The quantitative estimate of drug-likeness (QED) is 0.633. The lowest BCUT2D eigenvalue weighted by atomic mass is 9.97. The fraction of sp³-hybridized carbons (Fsp3) is 0.467. The Morgan fingerprint density at radius 1 is 1.43 bits per heavy atom. The van der Waals surface area contributed by atoms with E-state index in [1.807, 2.05) is 25.1 Å². The lowest BCUT2D eigenvalue weighted by Gasteiger charge is -2.40. The molecule has 1 atom stereocenters. The number of hydrogen-bond acceptors (Lipinski definition) is 6. The fourth-order valence-electron chi connectivity index (χ4n) is 2.84. The summed E-state index contributed by atoms with van der Waals surface area (Å²) in [5.41, 5.74) is 1.16. The van der Waals surface area contributed by atoms with Crippen LogP contribution in [0, 0.1) is 17.0 Å². The molecule has 0 N–H and O–H groups in total. The summed E-state index contributed by atoms with van der Waals surface area (Å²) in [5.74, 6) is 0.388. The van der Waals surface area contributed by atoms with Crippen molar-refractivity contribution in [3.05, 3.63) is 45.9 Å². The van der Waals surface area contributed by atoms with E-state index in [0.29, 0.717) is 25.5 Å². The van der Waals surface area contributed by atoms with Gasteiger partial charge in [0.25, 0.3) is 0 Å². The maximum absolute atomic E-state index is 11.3. The Morgan fingerprint density at radius 3 is 2.87 bits per heavy atom. The fourth-order valence-corrected chi connectivity index (χ4v) is 2.84. The van der Waals surface area contributed by atoms with Crippen LogP contribution in [0.25, 0.3) is 0 Å². The van der Waals surface area contributed by atoms with E-state index in [2.05, 4.69) is 10.1 Å². The Labute approximate surface area is 133 Å². The van der Waals surface area contributed by atoms with Crippen molar-refractivity contribution in [3.63, 3.8) is 0 Å². The van der Waals surface area contributed by atoms with Crippen molar-refractivity contribution in [2.75, 3.05) is 24.6 Å². The molecule has 0 spiro atoms. The minimum absolute atomic E-state index is 0.0282. The van der Waals surface area contributed by atoms with E-state index in [-0.39, 0.29) is 10.6 Å². The highest BCUT2D eigenvalue weighted by Gasteiger charge is 2.37. The Hall–Kier alpha value is -2.48. The topological polar surface area (TPSA) is 86.3 Å². The van der Waals surface area contributed by atoms with Gasteiger partial charge in [0.05, 0.1) is 24.3 Å². The van der Waals surface area contributed by atoms with Crippen molar-refractivity contribution >= 4 is 11.5 Å². The van der Waals surface area contributed by atoms with Crippen LogP contribution in [0.2, 0.25) is 0 Å². The lowest BCUT2D eigenvalue weighted by molar-refractivity contribution is -0.384. The highest BCUT2D eigenvalue weighted by atomic mass is 16.6. The summed E-state index contributed by atoms with van der Waals surface area (Å²) in [4.78, 5) is 17.2. The molecule has 0 amide bonds. The van der Waals surface area contributed by atoms with Gasteiger partial charge in [-0.05, 0) is 19.4 Å². The first-order chi connectivity index (χ1) is 10.9. The molecule has 0 aliphatic carbocycles. The number of rotatable bonds is 3. The first-order valence-corrected chi connectivity index (χ1v) is 7.38. The molecule has 0 saturated carbocycles. The zero-order chi connectivity index (χ0) is 16.6. The third-order valence-electron chi connectivity index (χ3n) is 4.07. The highest BCUT2D eigenvalue weighted by Crippen LogP contribution is 2.34. The van der Waals surface area contributed by atoms with E-state index >= 15 is 0 Å². The van der Waals surface area contributed by atoms with Crippen molar-refractivity contribution in [2.24, 2.45) is 7.05 Å². The average Bonchev–Trinajstić information content (AvgIpc) is 2.94. The van der Waals surface area contributed by atoms with Crippen molar-refractivity contribution in [1.29, 1.82) is 0 Å². The van der Waals surface area contributed by atoms with E-state index in [1.54, 1.807) is 30.1 Å². The van der Waals surface area contributed by atoms with Crippen LogP contribution in [0.1, 0.15) is 18.1 Å². The Bertz CT molecular complexity index is 744. The van der Waals surface area contributed by atoms with Gasteiger partial charge in [0.2, 0.25) is 5.82 Å². The van der Waals surface area contributed by atoms with Crippen LogP contribution in [0.5, 0.6) is 0 Å². The van der Waals surface area contributed by atoms with Gasteiger partial charge in [-0.25, -0.2) is 4.98 Å². The minimum atomic E-state index is -0.576. The molecule has 3 heterocycles. The molecule has 1 fully saturated rings. The van der Waals surface area contributed by atoms with E-state index in [9.17, 15) is 10.1 Å². The summed E-state index contributed by atoms with van der Waals surface area (Å²) < 4.78 is 7.67. The summed E-state index contributed by atoms with van der Waals surface area (Å²) in [6.45, 7) is 5.28. The normalized spacial score (nSPS) is 21.4. The van der Waals surface area contributed by atoms with Crippen LogP contribution in [0.3, 0.4) is 0 Å². The van der Waals surface area contributed by atoms with Gasteiger partial charge in [0.15, 0.2) is 0 Å². The van der Waals surface area contributed by atoms with Gasteiger partial charge < -0.3 is 9.64 Å². The molecule has 3 rings (SSSR count). The monoisotopic (exact) mass is 317 g/mol. The predicted octanol–water partition coefficient (Wildman–Crippen LogP) is 1.78. The molecule has 0 radical (unpaired) electrons. The van der Waals surface area contributed by atoms with Gasteiger partial charge in [0, 0.05) is 37.6 Å². The van der Waals surface area contributed by atoms with Crippen LogP contribution in [-0.2, 0) is 17.4 Å². The molecular formula is C15H19N5O3. The van der Waals surface area contributed by atoms with Crippen LogP contribution >= 0.6 is 0 Å². The molecule has 2 aromatic rings. The van der Waals surface area contributed by atoms with E-state index in [4.69, 9.17) is 4.74 Å². The number of hydrogen-bond donors (Lipinski definition) is 0. The van der Waals surface area contributed by atoms with Gasteiger partial charge in [-0.2, -0.15) is 5.10 Å². The number of aromatic nitrogens is 3. The molecule has 8 heteroatoms. The SMILES string of the molecule is Cc1cnc(N2CCO[C@@](C)(c3cnn(C)c3)C2)c([N+](=O)[O-])c1. The van der Waals surface area contributed by atoms with E-state index in [0.717, 1.165) is 11.1 Å². The molecule has 122 valence electrons. The van der Waals surface area contributed by atoms with Crippen molar-refractivity contribution in [3.8, 4) is 0 Å². The zero-order valence-corrected chi connectivity index (χ0v) is 13.4. The van der Waals surface area contributed by atoms with Crippen molar-refractivity contribution in [2.45, 2.75) is 19.4 Å². The molecule has 0 bridgehead atoms. The van der Waals surface area contributed by atoms with Crippen LogP contribution < -0.4 is 4.90 Å². The first kappa shape index (κ1) is 15.4. The molecule has 2 aromatic heterocycles. The van der Waals surface area contributed by atoms with E-state index in [1.165, 1.54) is 0 Å². The maximum Gasteiger partial charge on any atom is 0.311 e. The number of morpholine rings is 1. The van der Waals surface area contributed by atoms with Gasteiger partial charge >= 0.3 is 5.69 Å². The van der Waals surface area contributed by atoms with Gasteiger partial charge in [-0.3, -0.25) is 14.8 Å². The molecule has 1 saturated heterocycles. The van der Waals surface area contributed by atoms with Crippen LogP contribution in [0.4, 0.5) is 11.5 Å². The van der Waals surface area contributed by atoms with E-state index < -0.39 is 5.60 Å². The minimum Gasteiger partial charge on any atom is -0.367 e. The third kappa shape index (κ3) is 2.89. The molecule has 1 aliphatic heterocycles. The second-order valence-corrected chi connectivity index (χ2v) is 6.02. The third-order valence-corrected chi connectivity index (χ3v) is 4.07. The smallest absolute Gasteiger partial charge is 0.311 e. The summed E-state index contributed by atoms with van der Waals surface area (Å²) in [6, 6.07) is 1.55. The predicted molar refractivity (Wildman–Crippen MR) is 84.4 cm³/mol. The molecule has 23 heavy (non-hydrogen) atoms. The number of ether oxygens (including phenoxy) is 1. The number of aryl methyl sites for hydroxylation is 2. The second kappa shape index (κ2) is 5.62. The molecule has 0 unspecified atom stereocenters. The highest BCUT2D eigenvalue weighted by molar-refractivity contribution is 5.59. The number of nitro groups is 1. The van der Waals surface area contributed by atoms with Crippen molar-refractivity contribution < 1.29 is 9.66 Å². The van der Waals surface area contributed by atoms with Gasteiger partial charge in [-0.15, -0.1) is 0 Å². The van der Waals surface area contributed by atoms with Crippen molar-refractivity contribution in [1.82, 2.24) is 14.8 Å². The summed E-state index contributed by atoms with van der Waals surface area (Å²) in [7, 11) is 1.85. The molecule has 1 aliphatic rings. The molecule has 8 nitrogen and oxygen atoms in total. The maximum atomic E-state index is 11.3. The number of nitrogens with zero attached hydrogens (tertiary/aromatic N) is 5. The Morgan fingerprint density at radius 2 is 2.22 bits per heavy atom. The van der Waals surface area contributed by atoms with Crippen LogP contribution in [-0.4, -0.2) is 39.4 Å². The Kier molecular flexibility index (Phi) is 3.77. The average molecular weight is 317 g/mol. The van der Waals surface area contributed by atoms with Gasteiger partial charge in [-0.1, -0.05) is 0 Å². The first-order valence-electron chi connectivity index (χ1n) is 7.38. The molecular weight excluding hydrogens is 298 g/mol. The zero-order valence-electron chi connectivity index (χ0n) is 13.4. The number of anilines is 1. The summed E-state index contributed by atoms with van der Waals surface area (Å²) in [5, 5.41) is 15.5. The largest absolute Gasteiger partial charge is 0.367 e. The Balaban J connectivity index is 1.94. The standard InChI is InChI=1S/C15H19N5O3/c1-11-6-13(20(21)22)14(16-7-11)19-4-5-23-15(2,10-19)12-8-17-18(3)9-12/h6-9H,4-5,10H2,1-3H3/t15-/m1/s1. The van der Waals surface area contributed by atoms with Gasteiger partial charge in [0.1, 0.15) is 5.60 Å². The summed E-state index contributed by atoms with van der Waals surface area (Å²) >= 11 is 0.